The Bertz CT molecular complexity index is 257. The largest absolute Gasteiger partial charge is 0.313 e. The summed E-state index contributed by atoms with van der Waals surface area (Å²) in [5, 5.41) is 7.90. The fourth-order valence-corrected chi connectivity index (χ4v) is 2.66. The molecule has 1 rings (SSSR count). The molecule has 84 valence electrons. The van der Waals surface area contributed by atoms with Gasteiger partial charge in [0.15, 0.2) is 0 Å². The predicted octanol–water partition coefficient (Wildman–Crippen LogP) is 3.19. The van der Waals surface area contributed by atoms with Crippen LogP contribution in [0.1, 0.15) is 12.5 Å². The van der Waals surface area contributed by atoms with E-state index in [1.165, 1.54) is 11.3 Å². The van der Waals surface area contributed by atoms with Crippen molar-refractivity contribution in [2.75, 3.05) is 18.1 Å². The standard InChI is InChI=1S/C12H19NS2/c1-3-6-14-8-5-13-11(2)9-12-4-7-15-10-12/h3-4,7,10-11,13H,1,5-6,8-9H2,2H3. The summed E-state index contributed by atoms with van der Waals surface area (Å²) in [7, 11) is 0. The van der Waals surface area contributed by atoms with E-state index in [0.29, 0.717) is 6.04 Å². The number of hydrogen-bond donors (Lipinski definition) is 1. The molecule has 1 aromatic rings. The second-order valence-corrected chi connectivity index (χ2v) is 5.48. The number of thiophene rings is 1. The molecule has 0 saturated heterocycles. The topological polar surface area (TPSA) is 12.0 Å². The van der Waals surface area contributed by atoms with Crippen LogP contribution in [0.25, 0.3) is 0 Å². The Morgan fingerprint density at radius 1 is 1.67 bits per heavy atom. The summed E-state index contributed by atoms with van der Waals surface area (Å²) in [5.41, 5.74) is 1.44. The van der Waals surface area contributed by atoms with Gasteiger partial charge in [0, 0.05) is 24.1 Å². The molecule has 0 saturated carbocycles. The SMILES string of the molecule is C=CCSCCNC(C)Cc1ccsc1. The summed E-state index contributed by atoms with van der Waals surface area (Å²) < 4.78 is 0. The van der Waals surface area contributed by atoms with Gasteiger partial charge in [0.1, 0.15) is 0 Å². The average molecular weight is 241 g/mol. The van der Waals surface area contributed by atoms with Gasteiger partial charge in [-0.25, -0.2) is 0 Å². The minimum Gasteiger partial charge on any atom is -0.313 e. The zero-order valence-corrected chi connectivity index (χ0v) is 10.9. The highest BCUT2D eigenvalue weighted by atomic mass is 32.2. The van der Waals surface area contributed by atoms with Crippen LogP contribution in [0, 0.1) is 0 Å². The van der Waals surface area contributed by atoms with Crippen molar-refractivity contribution in [1.29, 1.82) is 0 Å². The third-order valence-electron chi connectivity index (χ3n) is 2.10. The monoisotopic (exact) mass is 241 g/mol. The van der Waals surface area contributed by atoms with Gasteiger partial charge in [0.2, 0.25) is 0 Å². The summed E-state index contributed by atoms with van der Waals surface area (Å²) in [4.78, 5) is 0. The first kappa shape index (κ1) is 12.8. The zero-order valence-electron chi connectivity index (χ0n) is 9.24. The molecule has 0 radical (unpaired) electrons. The van der Waals surface area contributed by atoms with E-state index in [2.05, 4.69) is 35.6 Å². The minimum atomic E-state index is 0.573. The first-order valence-electron chi connectivity index (χ1n) is 5.26. The van der Waals surface area contributed by atoms with Gasteiger partial charge in [0.05, 0.1) is 0 Å². The molecule has 0 fully saturated rings. The lowest BCUT2D eigenvalue weighted by Gasteiger charge is -2.12. The number of rotatable bonds is 8. The van der Waals surface area contributed by atoms with Crippen molar-refractivity contribution in [2.24, 2.45) is 0 Å². The van der Waals surface area contributed by atoms with Gasteiger partial charge in [-0.05, 0) is 35.7 Å². The molecule has 0 aliphatic carbocycles. The van der Waals surface area contributed by atoms with E-state index < -0.39 is 0 Å². The minimum absolute atomic E-state index is 0.573. The molecule has 1 N–H and O–H groups in total. The molecule has 1 atom stereocenters. The first-order chi connectivity index (χ1) is 7.33. The van der Waals surface area contributed by atoms with Crippen LogP contribution in [0.5, 0.6) is 0 Å². The first-order valence-corrected chi connectivity index (χ1v) is 7.35. The Morgan fingerprint density at radius 3 is 3.20 bits per heavy atom. The smallest absolute Gasteiger partial charge is 0.0111 e. The second-order valence-electron chi connectivity index (χ2n) is 3.55. The molecule has 0 amide bonds. The van der Waals surface area contributed by atoms with Crippen molar-refractivity contribution in [3.63, 3.8) is 0 Å². The third-order valence-corrected chi connectivity index (χ3v) is 3.79. The van der Waals surface area contributed by atoms with E-state index in [1.807, 2.05) is 17.8 Å². The van der Waals surface area contributed by atoms with Gasteiger partial charge in [-0.3, -0.25) is 0 Å². The molecule has 15 heavy (non-hydrogen) atoms. The Morgan fingerprint density at radius 2 is 2.53 bits per heavy atom. The molecular formula is C12H19NS2. The maximum atomic E-state index is 3.70. The Labute approximate surface area is 101 Å². The van der Waals surface area contributed by atoms with Crippen LogP contribution in [0.4, 0.5) is 0 Å². The molecule has 1 aromatic heterocycles. The molecule has 1 heterocycles. The van der Waals surface area contributed by atoms with Crippen LogP contribution < -0.4 is 5.32 Å². The third kappa shape index (κ3) is 6.03. The Kier molecular flexibility index (Phi) is 6.81. The molecule has 1 unspecified atom stereocenters. The molecule has 0 aliphatic rings. The van der Waals surface area contributed by atoms with Gasteiger partial charge in [-0.15, -0.1) is 6.58 Å². The van der Waals surface area contributed by atoms with Crippen molar-refractivity contribution in [3.05, 3.63) is 35.0 Å². The lowest BCUT2D eigenvalue weighted by molar-refractivity contribution is 0.568. The zero-order chi connectivity index (χ0) is 10.9. The van der Waals surface area contributed by atoms with Gasteiger partial charge >= 0.3 is 0 Å². The maximum absolute atomic E-state index is 3.70. The molecule has 0 bridgehead atoms. The molecule has 3 heteroatoms. The van der Waals surface area contributed by atoms with E-state index in [9.17, 15) is 0 Å². The number of nitrogens with one attached hydrogen (secondary N) is 1. The number of thioether (sulfide) groups is 1. The van der Waals surface area contributed by atoms with Crippen LogP contribution in [-0.4, -0.2) is 24.1 Å². The molecular weight excluding hydrogens is 222 g/mol. The molecule has 1 nitrogen and oxygen atoms in total. The van der Waals surface area contributed by atoms with Gasteiger partial charge in [-0.1, -0.05) is 6.08 Å². The summed E-state index contributed by atoms with van der Waals surface area (Å²) >= 11 is 3.70. The maximum Gasteiger partial charge on any atom is 0.0111 e. The van der Waals surface area contributed by atoms with Gasteiger partial charge < -0.3 is 5.32 Å². The lowest BCUT2D eigenvalue weighted by Crippen LogP contribution is -2.29. The van der Waals surface area contributed by atoms with E-state index in [4.69, 9.17) is 0 Å². The fraction of sp³-hybridized carbons (Fsp3) is 0.500. The Balaban J connectivity index is 2.03. The molecule has 0 aliphatic heterocycles. The second kappa shape index (κ2) is 7.97. The average Bonchev–Trinajstić information content (AvgIpc) is 2.70. The quantitative estimate of drug-likeness (QED) is 0.554. The summed E-state index contributed by atoms with van der Waals surface area (Å²) in [5.74, 6) is 2.22. The van der Waals surface area contributed by atoms with Crippen molar-refractivity contribution in [3.8, 4) is 0 Å². The van der Waals surface area contributed by atoms with Crippen molar-refractivity contribution >= 4 is 23.1 Å². The van der Waals surface area contributed by atoms with Crippen LogP contribution >= 0.6 is 23.1 Å². The predicted molar refractivity (Wildman–Crippen MR) is 73.0 cm³/mol. The summed E-state index contributed by atoms with van der Waals surface area (Å²) in [6.45, 7) is 7.04. The summed E-state index contributed by atoms with van der Waals surface area (Å²) in [6, 6.07) is 2.78. The van der Waals surface area contributed by atoms with Crippen molar-refractivity contribution < 1.29 is 0 Å². The summed E-state index contributed by atoms with van der Waals surface area (Å²) in [6.07, 6.45) is 3.09. The van der Waals surface area contributed by atoms with E-state index in [-0.39, 0.29) is 0 Å². The van der Waals surface area contributed by atoms with Crippen molar-refractivity contribution in [1.82, 2.24) is 5.32 Å². The van der Waals surface area contributed by atoms with Crippen LogP contribution in [0.3, 0.4) is 0 Å². The van der Waals surface area contributed by atoms with E-state index in [0.717, 1.165) is 18.7 Å². The molecule has 0 spiro atoms. The van der Waals surface area contributed by atoms with Crippen molar-refractivity contribution in [2.45, 2.75) is 19.4 Å². The highest BCUT2D eigenvalue weighted by Crippen LogP contribution is 2.08. The van der Waals surface area contributed by atoms with E-state index >= 15 is 0 Å². The van der Waals surface area contributed by atoms with Crippen LogP contribution in [0.2, 0.25) is 0 Å². The van der Waals surface area contributed by atoms with Gasteiger partial charge in [0.25, 0.3) is 0 Å². The lowest BCUT2D eigenvalue weighted by atomic mass is 10.1. The highest BCUT2D eigenvalue weighted by Gasteiger charge is 2.02. The van der Waals surface area contributed by atoms with Crippen LogP contribution in [0.15, 0.2) is 29.5 Å². The normalized spacial score (nSPS) is 12.6. The highest BCUT2D eigenvalue weighted by molar-refractivity contribution is 7.99. The van der Waals surface area contributed by atoms with Gasteiger partial charge in [-0.2, -0.15) is 23.1 Å². The number of hydrogen-bond acceptors (Lipinski definition) is 3. The molecule has 0 aromatic carbocycles. The van der Waals surface area contributed by atoms with E-state index in [1.54, 1.807) is 11.3 Å². The fourth-order valence-electron chi connectivity index (χ4n) is 1.38. The van der Waals surface area contributed by atoms with Crippen LogP contribution in [-0.2, 0) is 6.42 Å². The Hall–Kier alpha value is -0.250.